The normalized spacial score (nSPS) is 16.7. The number of rotatable bonds is 3. The molecule has 2 N–H and O–H groups in total. The lowest BCUT2D eigenvalue weighted by Gasteiger charge is -2.35. The van der Waals surface area contributed by atoms with Crippen LogP contribution in [0.1, 0.15) is 36.5 Å². The number of thiocarbonyl (C=S) groups is 1. The lowest BCUT2D eigenvalue weighted by molar-refractivity contribution is 0.0978. The monoisotopic (exact) mass is 465 g/mol. The van der Waals surface area contributed by atoms with Gasteiger partial charge in [-0.3, -0.25) is 10.1 Å². The van der Waals surface area contributed by atoms with Gasteiger partial charge in [-0.05, 0) is 80.9 Å². The van der Waals surface area contributed by atoms with Gasteiger partial charge in [-0.2, -0.15) is 0 Å². The highest BCUT2D eigenvalue weighted by Crippen LogP contribution is 2.26. The number of nitrogens with zero attached hydrogens (tertiary/aromatic N) is 1. The predicted molar refractivity (Wildman–Crippen MR) is 120 cm³/mol. The lowest BCUT2D eigenvalue weighted by Crippen LogP contribution is -2.37. The SMILES string of the molecule is C[C@@H]1CCCCN1c1ccc(NC(=S)NC(=O)c2cc(Br)ccc2Cl)cc1. The van der Waals surface area contributed by atoms with Gasteiger partial charge in [0.1, 0.15) is 0 Å². The first-order chi connectivity index (χ1) is 12.9. The zero-order valence-corrected chi connectivity index (χ0v) is 18.1. The second-order valence-corrected chi connectivity index (χ2v) is 8.35. The molecule has 1 aliphatic heterocycles. The molecule has 1 amide bonds. The van der Waals surface area contributed by atoms with Gasteiger partial charge >= 0.3 is 0 Å². The Balaban J connectivity index is 1.60. The van der Waals surface area contributed by atoms with Crippen LogP contribution in [-0.2, 0) is 0 Å². The van der Waals surface area contributed by atoms with E-state index in [0.717, 1.165) is 16.7 Å². The first-order valence-electron chi connectivity index (χ1n) is 8.88. The van der Waals surface area contributed by atoms with Crippen LogP contribution >= 0.6 is 39.7 Å². The summed E-state index contributed by atoms with van der Waals surface area (Å²) in [6.07, 6.45) is 3.76. The van der Waals surface area contributed by atoms with Crippen molar-refractivity contribution in [3.05, 3.63) is 57.5 Å². The van der Waals surface area contributed by atoms with Crippen molar-refractivity contribution in [3.63, 3.8) is 0 Å². The van der Waals surface area contributed by atoms with Crippen molar-refractivity contribution < 1.29 is 4.79 Å². The zero-order chi connectivity index (χ0) is 19.4. The average Bonchev–Trinajstić information content (AvgIpc) is 2.65. The molecule has 1 atom stereocenters. The number of carbonyl (C=O) groups excluding carboxylic acids is 1. The van der Waals surface area contributed by atoms with Crippen molar-refractivity contribution in [2.24, 2.45) is 0 Å². The Morgan fingerprint density at radius 1 is 1.22 bits per heavy atom. The maximum absolute atomic E-state index is 12.4. The standard InChI is InChI=1S/C20H21BrClN3OS/c1-13-4-2-3-11-25(13)16-8-6-15(7-9-16)23-20(27)24-19(26)17-12-14(21)5-10-18(17)22/h5-10,12-13H,2-4,11H2,1H3,(H2,23,24,26,27)/t13-/m1/s1. The van der Waals surface area contributed by atoms with E-state index >= 15 is 0 Å². The number of nitrogens with one attached hydrogen (secondary N) is 2. The summed E-state index contributed by atoms with van der Waals surface area (Å²) in [6.45, 7) is 3.36. The van der Waals surface area contributed by atoms with E-state index < -0.39 is 0 Å². The Bertz CT molecular complexity index is 844. The molecule has 2 aromatic carbocycles. The van der Waals surface area contributed by atoms with E-state index in [-0.39, 0.29) is 11.0 Å². The summed E-state index contributed by atoms with van der Waals surface area (Å²) in [5, 5.41) is 6.31. The molecule has 0 bridgehead atoms. The van der Waals surface area contributed by atoms with Gasteiger partial charge in [0, 0.05) is 28.4 Å². The summed E-state index contributed by atoms with van der Waals surface area (Å²) in [5.41, 5.74) is 2.40. The summed E-state index contributed by atoms with van der Waals surface area (Å²) in [6, 6.07) is 13.8. The van der Waals surface area contributed by atoms with Crippen LogP contribution in [0.15, 0.2) is 46.9 Å². The van der Waals surface area contributed by atoms with E-state index in [1.807, 2.05) is 12.1 Å². The minimum atomic E-state index is -0.349. The average molecular weight is 467 g/mol. The van der Waals surface area contributed by atoms with Crippen LogP contribution in [0.4, 0.5) is 11.4 Å². The van der Waals surface area contributed by atoms with E-state index in [9.17, 15) is 4.79 Å². The minimum absolute atomic E-state index is 0.232. The largest absolute Gasteiger partial charge is 0.369 e. The molecule has 142 valence electrons. The van der Waals surface area contributed by atoms with Crippen molar-refractivity contribution in [1.29, 1.82) is 0 Å². The number of carbonyl (C=O) groups is 1. The molecule has 4 nitrogen and oxygen atoms in total. The van der Waals surface area contributed by atoms with Crippen LogP contribution in [0.3, 0.4) is 0 Å². The van der Waals surface area contributed by atoms with Gasteiger partial charge in [-0.15, -0.1) is 0 Å². The molecular weight excluding hydrogens is 446 g/mol. The molecule has 1 heterocycles. The zero-order valence-electron chi connectivity index (χ0n) is 15.0. The van der Waals surface area contributed by atoms with Gasteiger partial charge in [-0.1, -0.05) is 27.5 Å². The van der Waals surface area contributed by atoms with Crippen molar-refractivity contribution in [3.8, 4) is 0 Å². The van der Waals surface area contributed by atoms with Crippen molar-refractivity contribution in [2.45, 2.75) is 32.2 Å². The molecule has 0 aromatic heterocycles. The van der Waals surface area contributed by atoms with Crippen LogP contribution in [-0.4, -0.2) is 23.6 Å². The Kier molecular flexibility index (Phi) is 6.73. The maximum atomic E-state index is 12.4. The number of amides is 1. The third kappa shape index (κ3) is 5.21. The van der Waals surface area contributed by atoms with Gasteiger partial charge in [-0.25, -0.2) is 0 Å². The Hall–Kier alpha value is -1.63. The molecule has 0 unspecified atom stereocenters. The van der Waals surface area contributed by atoms with Crippen LogP contribution in [0.2, 0.25) is 5.02 Å². The summed E-state index contributed by atoms with van der Waals surface area (Å²) in [5.74, 6) is -0.349. The molecule has 0 radical (unpaired) electrons. The molecule has 7 heteroatoms. The van der Waals surface area contributed by atoms with Gasteiger partial charge in [0.05, 0.1) is 10.6 Å². The van der Waals surface area contributed by atoms with Gasteiger partial charge < -0.3 is 10.2 Å². The smallest absolute Gasteiger partial charge is 0.258 e. The third-order valence-electron chi connectivity index (χ3n) is 4.66. The molecule has 27 heavy (non-hydrogen) atoms. The van der Waals surface area contributed by atoms with Crippen LogP contribution < -0.4 is 15.5 Å². The molecule has 3 rings (SSSR count). The number of hydrogen-bond acceptors (Lipinski definition) is 3. The fraction of sp³-hybridized carbons (Fsp3) is 0.300. The Morgan fingerprint density at radius 2 is 1.96 bits per heavy atom. The van der Waals surface area contributed by atoms with Crippen LogP contribution in [0.25, 0.3) is 0 Å². The fourth-order valence-electron chi connectivity index (χ4n) is 3.22. The highest BCUT2D eigenvalue weighted by Gasteiger charge is 2.18. The van der Waals surface area contributed by atoms with Crippen LogP contribution in [0, 0.1) is 0 Å². The second kappa shape index (κ2) is 9.04. The number of anilines is 2. The highest BCUT2D eigenvalue weighted by atomic mass is 79.9. The third-order valence-corrected chi connectivity index (χ3v) is 5.69. The van der Waals surface area contributed by atoms with Crippen LogP contribution in [0.5, 0.6) is 0 Å². The quantitative estimate of drug-likeness (QED) is 0.577. The molecule has 0 saturated carbocycles. The first-order valence-corrected chi connectivity index (χ1v) is 10.5. The van der Waals surface area contributed by atoms with E-state index in [1.54, 1.807) is 18.2 Å². The topological polar surface area (TPSA) is 44.4 Å². The van der Waals surface area contributed by atoms with Crippen molar-refractivity contribution in [2.75, 3.05) is 16.8 Å². The molecule has 1 fully saturated rings. The van der Waals surface area contributed by atoms with Crippen molar-refractivity contribution >= 4 is 62.1 Å². The summed E-state index contributed by atoms with van der Waals surface area (Å²) in [4.78, 5) is 14.8. The molecular formula is C20H21BrClN3OS. The van der Waals surface area contributed by atoms with Gasteiger partial charge in [0.15, 0.2) is 5.11 Å². The van der Waals surface area contributed by atoms with Crippen molar-refractivity contribution in [1.82, 2.24) is 5.32 Å². The van der Waals surface area contributed by atoms with E-state index in [2.05, 4.69) is 50.5 Å². The molecule has 0 spiro atoms. The molecule has 2 aromatic rings. The van der Waals surface area contributed by atoms with Gasteiger partial charge in [0.2, 0.25) is 0 Å². The number of halogens is 2. The second-order valence-electron chi connectivity index (χ2n) is 6.62. The summed E-state index contributed by atoms with van der Waals surface area (Å²) >= 11 is 14.7. The number of piperidine rings is 1. The molecule has 1 saturated heterocycles. The Labute approximate surface area is 178 Å². The lowest BCUT2D eigenvalue weighted by atomic mass is 10.0. The summed E-state index contributed by atoms with van der Waals surface area (Å²) < 4.78 is 0.776. The van der Waals surface area contributed by atoms with E-state index in [1.165, 1.54) is 24.9 Å². The fourth-order valence-corrected chi connectivity index (χ4v) is 4.00. The molecule has 0 aliphatic carbocycles. The predicted octanol–water partition coefficient (Wildman–Crippen LogP) is 5.61. The minimum Gasteiger partial charge on any atom is -0.369 e. The molecule has 1 aliphatic rings. The number of benzene rings is 2. The highest BCUT2D eigenvalue weighted by molar-refractivity contribution is 9.10. The van der Waals surface area contributed by atoms with E-state index in [4.69, 9.17) is 23.8 Å². The van der Waals surface area contributed by atoms with Gasteiger partial charge in [0.25, 0.3) is 5.91 Å². The van der Waals surface area contributed by atoms with E-state index in [0.29, 0.717) is 16.6 Å². The number of hydrogen-bond donors (Lipinski definition) is 2. The summed E-state index contributed by atoms with van der Waals surface area (Å²) in [7, 11) is 0. The maximum Gasteiger partial charge on any atom is 0.258 e. The first kappa shape index (κ1) is 20.1. The Morgan fingerprint density at radius 3 is 2.67 bits per heavy atom.